The molecule has 1 fully saturated rings. The van der Waals surface area contributed by atoms with Gasteiger partial charge in [0.2, 0.25) is 11.8 Å². The fraction of sp³-hybridized carbons (Fsp3) is 0.529. The highest BCUT2D eigenvalue weighted by Crippen LogP contribution is 2.33. The fourth-order valence-electron chi connectivity index (χ4n) is 3.19. The third kappa shape index (κ3) is 3.74. The third-order valence-electron chi connectivity index (χ3n) is 4.68. The maximum Gasteiger partial charge on any atom is 0.233 e. The fourth-order valence-corrected chi connectivity index (χ4v) is 3.32. The van der Waals surface area contributed by atoms with Crippen molar-refractivity contribution in [2.45, 2.75) is 38.8 Å². The first-order valence-corrected chi connectivity index (χ1v) is 8.40. The largest absolute Gasteiger partial charge is 0.424 e. The molecule has 1 aliphatic heterocycles. The van der Waals surface area contributed by atoms with E-state index in [1.54, 1.807) is 6.92 Å². The van der Waals surface area contributed by atoms with E-state index in [2.05, 4.69) is 22.0 Å². The number of nitrogens with zero attached hydrogens (tertiary/aromatic N) is 3. The Morgan fingerprint density at radius 2 is 1.87 bits per heavy atom. The molecule has 2 atom stereocenters. The minimum Gasteiger partial charge on any atom is -0.424 e. The lowest BCUT2D eigenvalue weighted by atomic mass is 9.87. The van der Waals surface area contributed by atoms with Crippen LogP contribution in [0.3, 0.4) is 0 Å². The number of likely N-dealkylation sites (tertiary alicyclic amines) is 1. The van der Waals surface area contributed by atoms with Gasteiger partial charge >= 0.3 is 0 Å². The van der Waals surface area contributed by atoms with Crippen LogP contribution in [-0.2, 0) is 0 Å². The summed E-state index contributed by atoms with van der Waals surface area (Å²) in [6, 6.07) is 7.58. The molecule has 2 aromatic rings. The molecule has 1 aliphatic rings. The Hall–Kier alpha value is -1.43. The molecule has 1 N–H and O–H groups in total. The van der Waals surface area contributed by atoms with Gasteiger partial charge in [-0.05, 0) is 56.5 Å². The summed E-state index contributed by atoms with van der Waals surface area (Å²) in [5, 5.41) is 19.3. The van der Waals surface area contributed by atoms with Crippen molar-refractivity contribution in [3.8, 4) is 0 Å². The second-order valence-corrected chi connectivity index (χ2v) is 6.64. The van der Waals surface area contributed by atoms with E-state index in [1.165, 1.54) is 0 Å². The maximum atomic E-state index is 10.6. The number of benzene rings is 1. The molecule has 2 unspecified atom stereocenters. The Balaban J connectivity index is 1.58. The molecular formula is C17H22ClN3O2. The van der Waals surface area contributed by atoms with Gasteiger partial charge in [-0.2, -0.15) is 0 Å². The average molecular weight is 336 g/mol. The van der Waals surface area contributed by atoms with Crippen molar-refractivity contribution in [1.29, 1.82) is 0 Å². The number of aliphatic hydroxyl groups is 1. The van der Waals surface area contributed by atoms with Crippen LogP contribution in [0.15, 0.2) is 28.7 Å². The number of hydrogen-bond acceptors (Lipinski definition) is 5. The van der Waals surface area contributed by atoms with E-state index in [-0.39, 0.29) is 12.0 Å². The molecule has 1 saturated heterocycles. The molecule has 6 heteroatoms. The summed E-state index contributed by atoms with van der Waals surface area (Å²) in [7, 11) is 0. The topological polar surface area (TPSA) is 62.4 Å². The standard InChI is InChI=1S/C17H22ClN3O2/c1-11(17-20-19-12(2)23-17)21-9-7-14(8-10-21)16(22)13-3-5-15(18)6-4-13/h3-6,11,14,16,22H,7-10H2,1-2H3. The molecule has 0 aliphatic carbocycles. The van der Waals surface area contributed by atoms with Crippen LogP contribution in [0.2, 0.25) is 5.02 Å². The normalized spacial score (nSPS) is 19.7. The minimum absolute atomic E-state index is 0.116. The van der Waals surface area contributed by atoms with Crippen LogP contribution in [0.4, 0.5) is 0 Å². The van der Waals surface area contributed by atoms with Crippen molar-refractivity contribution in [1.82, 2.24) is 15.1 Å². The van der Waals surface area contributed by atoms with Crippen LogP contribution in [-0.4, -0.2) is 33.3 Å². The number of aliphatic hydroxyl groups excluding tert-OH is 1. The zero-order valence-electron chi connectivity index (χ0n) is 13.4. The van der Waals surface area contributed by atoms with E-state index in [0.717, 1.165) is 31.5 Å². The van der Waals surface area contributed by atoms with Crippen LogP contribution >= 0.6 is 11.6 Å². The van der Waals surface area contributed by atoms with E-state index in [4.69, 9.17) is 16.0 Å². The average Bonchev–Trinajstić information content (AvgIpc) is 3.01. The molecule has 3 rings (SSSR count). The second-order valence-electron chi connectivity index (χ2n) is 6.21. The van der Waals surface area contributed by atoms with Gasteiger partial charge in [-0.15, -0.1) is 10.2 Å². The molecule has 0 amide bonds. The molecule has 1 aromatic heterocycles. The zero-order chi connectivity index (χ0) is 16.4. The van der Waals surface area contributed by atoms with Crippen molar-refractivity contribution >= 4 is 11.6 Å². The Labute approximate surface area is 141 Å². The molecule has 23 heavy (non-hydrogen) atoms. The van der Waals surface area contributed by atoms with Gasteiger partial charge in [-0.1, -0.05) is 23.7 Å². The molecule has 1 aromatic carbocycles. The smallest absolute Gasteiger partial charge is 0.233 e. The molecule has 0 radical (unpaired) electrons. The number of piperidine rings is 1. The number of aryl methyl sites for hydroxylation is 1. The predicted molar refractivity (Wildman–Crippen MR) is 88.2 cm³/mol. The Morgan fingerprint density at radius 3 is 2.43 bits per heavy atom. The lowest BCUT2D eigenvalue weighted by molar-refractivity contribution is 0.0429. The van der Waals surface area contributed by atoms with Crippen molar-refractivity contribution in [2.24, 2.45) is 5.92 Å². The number of aromatic nitrogens is 2. The van der Waals surface area contributed by atoms with Gasteiger partial charge in [0, 0.05) is 11.9 Å². The van der Waals surface area contributed by atoms with E-state index >= 15 is 0 Å². The number of hydrogen-bond donors (Lipinski definition) is 1. The first kappa shape index (κ1) is 16.4. The SMILES string of the molecule is Cc1nnc(C(C)N2CCC(C(O)c3ccc(Cl)cc3)CC2)o1. The van der Waals surface area contributed by atoms with Crippen molar-refractivity contribution in [3.63, 3.8) is 0 Å². The van der Waals surface area contributed by atoms with Crippen molar-refractivity contribution in [3.05, 3.63) is 46.6 Å². The van der Waals surface area contributed by atoms with E-state index < -0.39 is 6.10 Å². The maximum absolute atomic E-state index is 10.6. The molecule has 0 bridgehead atoms. The quantitative estimate of drug-likeness (QED) is 0.926. The minimum atomic E-state index is -0.435. The van der Waals surface area contributed by atoms with Gasteiger partial charge in [-0.25, -0.2) is 0 Å². The lowest BCUT2D eigenvalue weighted by Crippen LogP contribution is -2.37. The summed E-state index contributed by atoms with van der Waals surface area (Å²) in [5.41, 5.74) is 0.938. The monoisotopic (exact) mass is 335 g/mol. The summed E-state index contributed by atoms with van der Waals surface area (Å²) < 4.78 is 5.53. The first-order chi connectivity index (χ1) is 11.0. The first-order valence-electron chi connectivity index (χ1n) is 8.02. The lowest BCUT2D eigenvalue weighted by Gasteiger charge is -2.36. The third-order valence-corrected chi connectivity index (χ3v) is 4.93. The molecule has 0 spiro atoms. The number of halogens is 1. The van der Waals surface area contributed by atoms with Gasteiger partial charge in [-0.3, -0.25) is 4.90 Å². The van der Waals surface area contributed by atoms with Crippen LogP contribution in [0.5, 0.6) is 0 Å². The summed E-state index contributed by atoms with van der Waals surface area (Å²) >= 11 is 5.91. The molecule has 0 saturated carbocycles. The highest BCUT2D eigenvalue weighted by molar-refractivity contribution is 6.30. The van der Waals surface area contributed by atoms with Crippen molar-refractivity contribution in [2.75, 3.05) is 13.1 Å². The van der Waals surface area contributed by atoms with Gasteiger partial charge in [0.25, 0.3) is 0 Å². The van der Waals surface area contributed by atoms with Gasteiger partial charge < -0.3 is 9.52 Å². The van der Waals surface area contributed by atoms with Crippen LogP contribution in [0, 0.1) is 12.8 Å². The van der Waals surface area contributed by atoms with E-state index in [9.17, 15) is 5.11 Å². The van der Waals surface area contributed by atoms with E-state index in [1.807, 2.05) is 24.3 Å². The Bertz CT molecular complexity index is 636. The van der Waals surface area contributed by atoms with E-state index in [0.29, 0.717) is 16.8 Å². The van der Waals surface area contributed by atoms with Gasteiger partial charge in [0.05, 0.1) is 12.1 Å². The van der Waals surface area contributed by atoms with Crippen LogP contribution in [0.1, 0.15) is 49.3 Å². The number of rotatable bonds is 4. The van der Waals surface area contributed by atoms with Crippen LogP contribution in [0.25, 0.3) is 0 Å². The summed E-state index contributed by atoms with van der Waals surface area (Å²) in [5.74, 6) is 1.53. The summed E-state index contributed by atoms with van der Waals surface area (Å²) in [4.78, 5) is 2.33. The molecule has 5 nitrogen and oxygen atoms in total. The highest BCUT2D eigenvalue weighted by atomic mass is 35.5. The van der Waals surface area contributed by atoms with Gasteiger partial charge in [0.15, 0.2) is 0 Å². The molecule has 2 heterocycles. The highest BCUT2D eigenvalue weighted by Gasteiger charge is 2.30. The Kier molecular flexibility index (Phi) is 4.99. The van der Waals surface area contributed by atoms with Gasteiger partial charge in [0.1, 0.15) is 0 Å². The summed E-state index contributed by atoms with van der Waals surface area (Å²) in [6.45, 7) is 5.72. The second kappa shape index (κ2) is 6.99. The Morgan fingerprint density at radius 1 is 1.22 bits per heavy atom. The van der Waals surface area contributed by atoms with Crippen molar-refractivity contribution < 1.29 is 9.52 Å². The summed E-state index contributed by atoms with van der Waals surface area (Å²) in [6.07, 6.45) is 1.46. The molecular weight excluding hydrogens is 314 g/mol. The zero-order valence-corrected chi connectivity index (χ0v) is 14.2. The van der Waals surface area contributed by atoms with Crippen LogP contribution < -0.4 is 0 Å². The predicted octanol–water partition coefficient (Wildman–Crippen LogP) is 3.54. The molecule has 124 valence electrons.